The molecule has 0 aromatic heterocycles. The fourth-order valence-electron chi connectivity index (χ4n) is 4.22. The van der Waals surface area contributed by atoms with Gasteiger partial charge in [-0.3, -0.25) is 14.3 Å². The number of hydrogen-bond acceptors (Lipinski definition) is 6. The van der Waals surface area contributed by atoms with Crippen molar-refractivity contribution in [2.75, 3.05) is 18.4 Å². The molecule has 0 heterocycles. The van der Waals surface area contributed by atoms with Crippen LogP contribution in [0.1, 0.15) is 18.1 Å². The molecular formula is C32H32FN3O6S. The van der Waals surface area contributed by atoms with Crippen molar-refractivity contribution in [3.63, 3.8) is 0 Å². The molecule has 0 aliphatic rings. The lowest BCUT2D eigenvalue weighted by molar-refractivity contribution is -0.142. The van der Waals surface area contributed by atoms with Gasteiger partial charge in [-0.15, -0.1) is 0 Å². The summed E-state index contributed by atoms with van der Waals surface area (Å²) in [5, 5.41) is 2.87. The van der Waals surface area contributed by atoms with E-state index < -0.39 is 27.8 Å². The third kappa shape index (κ3) is 8.55. The van der Waals surface area contributed by atoms with Crippen LogP contribution in [-0.4, -0.2) is 44.9 Å². The molecule has 4 rings (SSSR count). The number of carbonyl (C=O) groups is 2. The number of carbonyl (C=O) groups excluding carboxylic acids is 2. The van der Waals surface area contributed by atoms with E-state index in [1.807, 2.05) is 48.5 Å². The molecule has 4 aromatic rings. The third-order valence-corrected chi connectivity index (χ3v) is 8.00. The monoisotopic (exact) mass is 605 g/mol. The van der Waals surface area contributed by atoms with E-state index in [0.29, 0.717) is 5.75 Å². The summed E-state index contributed by atoms with van der Waals surface area (Å²) >= 11 is 0. The number of amides is 2. The van der Waals surface area contributed by atoms with Crippen LogP contribution in [0.4, 0.5) is 10.1 Å². The van der Waals surface area contributed by atoms with E-state index in [1.54, 1.807) is 20.1 Å². The number of benzene rings is 4. The van der Waals surface area contributed by atoms with E-state index in [9.17, 15) is 22.4 Å². The number of ether oxygens (including phenoxy) is 2. The first-order chi connectivity index (χ1) is 20.7. The second kappa shape index (κ2) is 14.3. The van der Waals surface area contributed by atoms with Crippen LogP contribution in [-0.2, 0) is 32.7 Å². The third-order valence-electron chi connectivity index (χ3n) is 6.60. The van der Waals surface area contributed by atoms with Crippen LogP contribution in [0.2, 0.25) is 0 Å². The molecule has 224 valence electrons. The Bertz CT molecular complexity index is 1630. The normalized spacial score (nSPS) is 11.7. The van der Waals surface area contributed by atoms with E-state index in [2.05, 4.69) is 10.0 Å². The van der Waals surface area contributed by atoms with Gasteiger partial charge in [-0.2, -0.15) is 0 Å². The van der Waals surface area contributed by atoms with Crippen LogP contribution < -0.4 is 19.5 Å². The highest BCUT2D eigenvalue weighted by Gasteiger charge is 2.27. The summed E-state index contributed by atoms with van der Waals surface area (Å²) in [6.07, 6.45) is 0. The summed E-state index contributed by atoms with van der Waals surface area (Å²) < 4.78 is 51.9. The predicted molar refractivity (Wildman–Crippen MR) is 160 cm³/mol. The summed E-state index contributed by atoms with van der Waals surface area (Å²) in [5.74, 6) is -0.353. The molecule has 0 bridgehead atoms. The Labute approximate surface area is 250 Å². The number of halogens is 1. The molecule has 2 N–H and O–H groups in total. The molecule has 0 aliphatic heterocycles. The Morgan fingerprint density at radius 2 is 1.53 bits per heavy atom. The van der Waals surface area contributed by atoms with E-state index in [4.69, 9.17) is 9.47 Å². The molecule has 0 saturated heterocycles. The summed E-state index contributed by atoms with van der Waals surface area (Å²) in [6, 6.07) is 26.3. The molecule has 0 radical (unpaired) electrons. The van der Waals surface area contributed by atoms with Crippen LogP contribution in [0.25, 0.3) is 0 Å². The van der Waals surface area contributed by atoms with Crippen LogP contribution in [0.5, 0.6) is 11.5 Å². The predicted octanol–water partition coefficient (Wildman–Crippen LogP) is 4.75. The zero-order chi connectivity index (χ0) is 30.8. The van der Waals surface area contributed by atoms with Gasteiger partial charge < -0.3 is 19.7 Å². The maximum absolute atomic E-state index is 13.4. The van der Waals surface area contributed by atoms with E-state index in [0.717, 1.165) is 23.3 Å². The molecule has 0 unspecified atom stereocenters. The summed E-state index contributed by atoms with van der Waals surface area (Å²) in [7, 11) is -2.37. The van der Waals surface area contributed by atoms with Gasteiger partial charge in [0.1, 0.15) is 23.4 Å². The highest BCUT2D eigenvalue weighted by molar-refractivity contribution is 7.92. The Morgan fingerprint density at radius 1 is 0.884 bits per heavy atom. The maximum Gasteiger partial charge on any atom is 0.261 e. The Balaban J connectivity index is 1.41. The molecule has 1 atom stereocenters. The minimum absolute atomic E-state index is 0.0402. The number of hydrogen-bond donors (Lipinski definition) is 2. The molecule has 4 aromatic carbocycles. The van der Waals surface area contributed by atoms with Crippen molar-refractivity contribution in [3.8, 4) is 11.5 Å². The lowest BCUT2D eigenvalue weighted by Gasteiger charge is -2.29. The zero-order valence-electron chi connectivity index (χ0n) is 23.7. The number of para-hydroxylation sites is 1. The van der Waals surface area contributed by atoms with Gasteiger partial charge >= 0.3 is 0 Å². The number of nitrogens with one attached hydrogen (secondary N) is 2. The minimum atomic E-state index is -3.93. The van der Waals surface area contributed by atoms with Crippen molar-refractivity contribution in [2.24, 2.45) is 0 Å². The standard InChI is InChI=1S/C32H32FN3O6S/c1-23(32(38)34-20-25-10-6-7-11-30(25)41-2)36(21-24-8-4-3-5-9-24)31(37)22-42-28-16-18-29(19-17-28)43(39,40)35-27-14-12-26(33)13-15-27/h3-19,23,35H,20-22H2,1-2H3,(H,34,38)/t23-/m0/s1. The van der Waals surface area contributed by atoms with Crippen LogP contribution in [0.3, 0.4) is 0 Å². The largest absolute Gasteiger partial charge is 0.496 e. The van der Waals surface area contributed by atoms with E-state index in [-0.39, 0.29) is 41.9 Å². The lowest BCUT2D eigenvalue weighted by Crippen LogP contribution is -2.48. The minimum Gasteiger partial charge on any atom is -0.496 e. The van der Waals surface area contributed by atoms with Crippen molar-refractivity contribution >= 4 is 27.5 Å². The first-order valence-corrected chi connectivity index (χ1v) is 14.9. The Hall–Kier alpha value is -4.90. The summed E-state index contributed by atoms with van der Waals surface area (Å²) in [4.78, 5) is 27.9. The molecule has 0 aliphatic carbocycles. The molecular weight excluding hydrogens is 573 g/mol. The second-order valence-corrected chi connectivity index (χ2v) is 11.3. The number of anilines is 1. The first kappa shape index (κ1) is 31.0. The van der Waals surface area contributed by atoms with Crippen LogP contribution in [0.15, 0.2) is 108 Å². The van der Waals surface area contributed by atoms with Crippen molar-refractivity contribution in [3.05, 3.63) is 120 Å². The Kier molecular flexibility index (Phi) is 10.3. The Morgan fingerprint density at radius 3 is 2.21 bits per heavy atom. The zero-order valence-corrected chi connectivity index (χ0v) is 24.5. The maximum atomic E-state index is 13.4. The fraction of sp³-hybridized carbons (Fsp3) is 0.188. The number of rotatable bonds is 13. The van der Waals surface area contributed by atoms with Gasteiger partial charge in [0.05, 0.1) is 12.0 Å². The van der Waals surface area contributed by atoms with Gasteiger partial charge in [-0.1, -0.05) is 48.5 Å². The van der Waals surface area contributed by atoms with Gasteiger partial charge in [0.15, 0.2) is 6.61 Å². The highest BCUT2D eigenvalue weighted by atomic mass is 32.2. The van der Waals surface area contributed by atoms with E-state index >= 15 is 0 Å². The number of sulfonamides is 1. The molecule has 9 nitrogen and oxygen atoms in total. The number of nitrogens with zero attached hydrogens (tertiary/aromatic N) is 1. The fourth-order valence-corrected chi connectivity index (χ4v) is 5.28. The number of methoxy groups -OCH3 is 1. The first-order valence-electron chi connectivity index (χ1n) is 13.4. The van der Waals surface area contributed by atoms with Crippen molar-refractivity contribution < 1.29 is 31.9 Å². The smallest absolute Gasteiger partial charge is 0.261 e. The van der Waals surface area contributed by atoms with Gasteiger partial charge in [0, 0.05) is 24.3 Å². The quantitative estimate of drug-likeness (QED) is 0.228. The van der Waals surface area contributed by atoms with E-state index in [1.165, 1.54) is 41.3 Å². The van der Waals surface area contributed by atoms with Gasteiger partial charge in [-0.05, 0) is 67.1 Å². The summed E-state index contributed by atoms with van der Waals surface area (Å²) in [6.45, 7) is 1.67. The van der Waals surface area contributed by atoms with Crippen molar-refractivity contribution in [2.45, 2.75) is 31.0 Å². The van der Waals surface area contributed by atoms with Gasteiger partial charge in [0.2, 0.25) is 5.91 Å². The molecule has 43 heavy (non-hydrogen) atoms. The molecule has 0 fully saturated rings. The topological polar surface area (TPSA) is 114 Å². The molecule has 2 amide bonds. The average Bonchev–Trinajstić information content (AvgIpc) is 3.02. The molecule has 11 heteroatoms. The van der Waals surface area contributed by atoms with Crippen molar-refractivity contribution in [1.82, 2.24) is 10.2 Å². The van der Waals surface area contributed by atoms with Crippen LogP contribution >= 0.6 is 0 Å². The van der Waals surface area contributed by atoms with Crippen molar-refractivity contribution in [1.29, 1.82) is 0 Å². The molecule has 0 saturated carbocycles. The van der Waals surface area contributed by atoms with Gasteiger partial charge in [-0.25, -0.2) is 12.8 Å². The average molecular weight is 606 g/mol. The lowest BCUT2D eigenvalue weighted by atomic mass is 10.1. The summed E-state index contributed by atoms with van der Waals surface area (Å²) in [5.41, 5.74) is 1.85. The van der Waals surface area contributed by atoms with Gasteiger partial charge in [0.25, 0.3) is 15.9 Å². The van der Waals surface area contributed by atoms with Crippen LogP contribution in [0, 0.1) is 5.82 Å². The SMILES string of the molecule is COc1ccccc1CNC(=O)[C@H](C)N(Cc1ccccc1)C(=O)COc1ccc(S(=O)(=O)Nc2ccc(F)cc2)cc1. The highest BCUT2D eigenvalue weighted by Crippen LogP contribution is 2.21. The molecule has 0 spiro atoms. The second-order valence-electron chi connectivity index (χ2n) is 9.59.